The van der Waals surface area contributed by atoms with E-state index in [1.165, 1.54) is 0 Å². The van der Waals surface area contributed by atoms with E-state index in [1.54, 1.807) is 49.6 Å². The lowest BCUT2D eigenvalue weighted by Gasteiger charge is -2.12. The molecule has 0 saturated heterocycles. The zero-order chi connectivity index (χ0) is 19.4. The number of nitriles is 1. The zero-order valence-corrected chi connectivity index (χ0v) is 15.9. The molecular weight excluding hydrogens is 410 g/mol. The summed E-state index contributed by atoms with van der Waals surface area (Å²) in [6.45, 7) is 1.62. The Balaban J connectivity index is 2.12. The summed E-state index contributed by atoms with van der Waals surface area (Å²) in [7, 11) is 0. The van der Waals surface area contributed by atoms with E-state index in [4.69, 9.17) is 0 Å². The van der Waals surface area contributed by atoms with Crippen LogP contribution in [0.1, 0.15) is 16.7 Å². The Hall–Kier alpha value is -3.31. The van der Waals surface area contributed by atoms with Crippen molar-refractivity contribution >= 4 is 27.3 Å². The Bertz CT molecular complexity index is 1120. The second-order valence-electron chi connectivity index (χ2n) is 5.72. The molecule has 0 amide bonds. The van der Waals surface area contributed by atoms with Crippen LogP contribution in [0.25, 0.3) is 0 Å². The van der Waals surface area contributed by atoms with Crippen LogP contribution >= 0.6 is 15.9 Å². The molecule has 8 heteroatoms. The molecular formula is C19H14BrN5O2. The summed E-state index contributed by atoms with van der Waals surface area (Å²) >= 11 is 3.35. The first-order valence-electron chi connectivity index (χ1n) is 7.94. The van der Waals surface area contributed by atoms with Crippen LogP contribution in [0.15, 0.2) is 68.3 Å². The number of azo groups is 1. The minimum absolute atomic E-state index is 0.00761. The maximum atomic E-state index is 12.9. The topological polar surface area (TPSA) is 104 Å². The van der Waals surface area contributed by atoms with Crippen molar-refractivity contribution in [3.63, 3.8) is 0 Å². The molecule has 0 aliphatic heterocycles. The second-order valence-corrected chi connectivity index (χ2v) is 6.63. The highest BCUT2D eigenvalue weighted by atomic mass is 79.9. The van der Waals surface area contributed by atoms with Gasteiger partial charge in [0.15, 0.2) is 5.69 Å². The summed E-state index contributed by atoms with van der Waals surface area (Å²) in [5, 5.41) is 28.0. The van der Waals surface area contributed by atoms with Crippen molar-refractivity contribution in [2.75, 3.05) is 0 Å². The summed E-state index contributed by atoms with van der Waals surface area (Å²) < 4.78 is 1.92. The zero-order valence-electron chi connectivity index (χ0n) is 14.3. The highest BCUT2D eigenvalue weighted by Crippen LogP contribution is 2.27. The minimum atomic E-state index is -0.536. The third kappa shape index (κ3) is 3.93. The molecule has 7 nitrogen and oxygen atoms in total. The molecule has 0 aliphatic rings. The van der Waals surface area contributed by atoms with Crippen molar-refractivity contribution in [3.8, 4) is 11.9 Å². The van der Waals surface area contributed by atoms with Gasteiger partial charge in [0.1, 0.15) is 11.6 Å². The first-order valence-corrected chi connectivity index (χ1v) is 8.73. The summed E-state index contributed by atoms with van der Waals surface area (Å²) in [5.74, 6) is -0.398. The number of halogens is 1. The van der Waals surface area contributed by atoms with Crippen molar-refractivity contribution < 1.29 is 5.11 Å². The fourth-order valence-electron chi connectivity index (χ4n) is 2.52. The monoisotopic (exact) mass is 423 g/mol. The molecule has 2 aromatic heterocycles. The predicted molar refractivity (Wildman–Crippen MR) is 103 cm³/mol. The standard InChI is InChI=1S/C19H14BrN5O2/c1-12-16(9-21)18(26)25(11-13-4-3-7-22-10-13)19(27)17(12)24-23-15-6-2-5-14(20)8-15/h2-8,10,26H,11H2,1H3. The summed E-state index contributed by atoms with van der Waals surface area (Å²) in [4.78, 5) is 16.9. The third-order valence-electron chi connectivity index (χ3n) is 3.91. The lowest BCUT2D eigenvalue weighted by molar-refractivity contribution is 0.412. The first kappa shape index (κ1) is 18.5. The van der Waals surface area contributed by atoms with Crippen molar-refractivity contribution in [2.24, 2.45) is 10.2 Å². The van der Waals surface area contributed by atoms with Crippen LogP contribution < -0.4 is 5.56 Å². The summed E-state index contributed by atoms with van der Waals surface area (Å²) in [6, 6.07) is 12.6. The molecule has 0 aliphatic carbocycles. The van der Waals surface area contributed by atoms with E-state index in [9.17, 15) is 15.2 Å². The molecule has 1 aromatic carbocycles. The molecule has 3 rings (SSSR count). The number of hydrogen-bond acceptors (Lipinski definition) is 6. The van der Waals surface area contributed by atoms with Gasteiger partial charge in [-0.15, -0.1) is 5.11 Å². The predicted octanol–water partition coefficient (Wildman–Crippen LogP) is 4.36. The Labute approximate surface area is 163 Å². The van der Waals surface area contributed by atoms with Gasteiger partial charge < -0.3 is 5.11 Å². The van der Waals surface area contributed by atoms with Crippen molar-refractivity contribution in [1.82, 2.24) is 9.55 Å². The molecule has 0 spiro atoms. The highest BCUT2D eigenvalue weighted by molar-refractivity contribution is 9.10. The number of hydrogen-bond donors (Lipinski definition) is 1. The molecule has 0 unspecified atom stereocenters. The van der Waals surface area contributed by atoms with Crippen LogP contribution in [0, 0.1) is 18.3 Å². The molecule has 0 fully saturated rings. The van der Waals surface area contributed by atoms with E-state index < -0.39 is 11.4 Å². The van der Waals surface area contributed by atoms with E-state index in [0.29, 0.717) is 11.3 Å². The Morgan fingerprint density at radius 2 is 2.11 bits per heavy atom. The van der Waals surface area contributed by atoms with Gasteiger partial charge in [-0.1, -0.05) is 28.1 Å². The van der Waals surface area contributed by atoms with E-state index in [0.717, 1.165) is 9.04 Å². The van der Waals surface area contributed by atoms with Gasteiger partial charge in [-0.05, 0) is 36.8 Å². The third-order valence-corrected chi connectivity index (χ3v) is 4.40. The van der Waals surface area contributed by atoms with Gasteiger partial charge in [-0.3, -0.25) is 14.3 Å². The number of rotatable bonds is 4. The number of benzene rings is 1. The van der Waals surface area contributed by atoms with Gasteiger partial charge in [0.25, 0.3) is 5.56 Å². The van der Waals surface area contributed by atoms with Crippen LogP contribution in [-0.4, -0.2) is 14.7 Å². The maximum Gasteiger partial charge on any atom is 0.281 e. The van der Waals surface area contributed by atoms with Crippen LogP contribution in [-0.2, 0) is 6.54 Å². The molecule has 3 aromatic rings. The van der Waals surface area contributed by atoms with E-state index in [2.05, 4.69) is 31.1 Å². The molecule has 0 saturated carbocycles. The maximum absolute atomic E-state index is 12.9. The van der Waals surface area contributed by atoms with Gasteiger partial charge in [0.2, 0.25) is 5.88 Å². The van der Waals surface area contributed by atoms with Crippen LogP contribution in [0.2, 0.25) is 0 Å². The quantitative estimate of drug-likeness (QED) is 0.629. The fourth-order valence-corrected chi connectivity index (χ4v) is 2.91. The number of aromatic nitrogens is 2. The Morgan fingerprint density at radius 3 is 2.78 bits per heavy atom. The largest absolute Gasteiger partial charge is 0.493 e. The van der Waals surface area contributed by atoms with Crippen LogP contribution in [0.3, 0.4) is 0 Å². The van der Waals surface area contributed by atoms with Crippen molar-refractivity contribution in [2.45, 2.75) is 13.5 Å². The second kappa shape index (κ2) is 7.93. The molecule has 0 atom stereocenters. The van der Waals surface area contributed by atoms with Crippen molar-refractivity contribution in [1.29, 1.82) is 5.26 Å². The number of pyridine rings is 2. The Kier molecular flexibility index (Phi) is 5.43. The van der Waals surface area contributed by atoms with Gasteiger partial charge in [0, 0.05) is 22.4 Å². The molecule has 0 bridgehead atoms. The molecule has 27 heavy (non-hydrogen) atoms. The molecule has 134 valence electrons. The SMILES string of the molecule is Cc1c(C#N)c(O)n(Cc2cccnc2)c(=O)c1N=Nc1cccc(Br)c1. The van der Waals surface area contributed by atoms with E-state index in [-0.39, 0.29) is 23.4 Å². The lowest BCUT2D eigenvalue weighted by Crippen LogP contribution is -2.22. The smallest absolute Gasteiger partial charge is 0.281 e. The van der Waals surface area contributed by atoms with E-state index in [1.807, 2.05) is 12.1 Å². The summed E-state index contributed by atoms with van der Waals surface area (Å²) in [6.07, 6.45) is 3.19. The molecule has 1 N–H and O–H groups in total. The van der Waals surface area contributed by atoms with Gasteiger partial charge >= 0.3 is 0 Å². The highest BCUT2D eigenvalue weighted by Gasteiger charge is 2.19. The summed E-state index contributed by atoms with van der Waals surface area (Å²) in [5.41, 5.74) is 0.994. The lowest BCUT2D eigenvalue weighted by atomic mass is 10.1. The molecule has 0 radical (unpaired) electrons. The molecule has 2 heterocycles. The van der Waals surface area contributed by atoms with Crippen LogP contribution in [0.4, 0.5) is 11.4 Å². The fraction of sp³-hybridized carbons (Fsp3) is 0.105. The first-order chi connectivity index (χ1) is 13.0. The van der Waals surface area contributed by atoms with Crippen LogP contribution in [0.5, 0.6) is 5.88 Å². The Morgan fingerprint density at radius 1 is 1.30 bits per heavy atom. The van der Waals surface area contributed by atoms with Gasteiger partial charge in [-0.2, -0.15) is 10.4 Å². The minimum Gasteiger partial charge on any atom is -0.493 e. The average Bonchev–Trinajstić information content (AvgIpc) is 2.66. The average molecular weight is 424 g/mol. The van der Waals surface area contributed by atoms with Crippen molar-refractivity contribution in [3.05, 3.63) is 80.3 Å². The number of aromatic hydroxyl groups is 1. The van der Waals surface area contributed by atoms with Gasteiger partial charge in [0.05, 0.1) is 12.2 Å². The van der Waals surface area contributed by atoms with Gasteiger partial charge in [-0.25, -0.2) is 0 Å². The normalized spacial score (nSPS) is 10.9. The van der Waals surface area contributed by atoms with E-state index >= 15 is 0 Å². The number of nitrogens with zero attached hydrogens (tertiary/aromatic N) is 5.